The van der Waals surface area contributed by atoms with Crippen LogP contribution in [0.1, 0.15) is 28.5 Å². The van der Waals surface area contributed by atoms with E-state index in [9.17, 15) is 0 Å². The minimum absolute atomic E-state index is 0.642. The van der Waals surface area contributed by atoms with Gasteiger partial charge in [-0.15, -0.1) is 0 Å². The smallest absolute Gasteiger partial charge is 0.133 e. The highest BCUT2D eigenvalue weighted by atomic mass is 16.5. The third kappa shape index (κ3) is 2.99. The number of hydrogen-bond donors (Lipinski definition) is 0. The average Bonchev–Trinajstić information content (AvgIpc) is 3.28. The molecule has 0 bridgehead atoms. The third-order valence-corrected chi connectivity index (χ3v) is 4.10. The number of aromatic nitrogens is 2. The predicted octanol–water partition coefficient (Wildman–Crippen LogP) is 3.42. The maximum Gasteiger partial charge on any atom is 0.133 e. The van der Waals surface area contributed by atoms with Crippen molar-refractivity contribution in [3.05, 3.63) is 58.8 Å². The van der Waals surface area contributed by atoms with Crippen molar-refractivity contribution in [1.82, 2.24) is 10.3 Å². The van der Waals surface area contributed by atoms with Gasteiger partial charge in [0.25, 0.3) is 0 Å². The monoisotopic (exact) mass is 325 g/mol. The van der Waals surface area contributed by atoms with Crippen LogP contribution in [0, 0.1) is 13.8 Å². The van der Waals surface area contributed by atoms with Crippen LogP contribution >= 0.6 is 0 Å². The van der Waals surface area contributed by atoms with Crippen molar-refractivity contribution in [2.45, 2.75) is 33.4 Å². The Bertz CT molecular complexity index is 811. The number of ether oxygens (including phenoxy) is 1. The first-order valence-corrected chi connectivity index (χ1v) is 8.02. The second kappa shape index (κ2) is 6.03. The molecular weight excluding hydrogens is 306 g/mol. The molecule has 0 aliphatic carbocycles. The molecule has 0 atom stereocenters. The van der Waals surface area contributed by atoms with Gasteiger partial charge in [-0.05, 0) is 37.6 Å². The molecule has 0 unspecified atom stereocenters. The first kappa shape index (κ1) is 14.8. The summed E-state index contributed by atoms with van der Waals surface area (Å²) in [7, 11) is 0. The van der Waals surface area contributed by atoms with Gasteiger partial charge in [0, 0.05) is 24.2 Å². The van der Waals surface area contributed by atoms with E-state index in [2.05, 4.69) is 27.3 Å². The second-order valence-corrected chi connectivity index (χ2v) is 6.10. The van der Waals surface area contributed by atoms with E-state index in [1.165, 1.54) is 5.56 Å². The molecule has 3 heterocycles. The van der Waals surface area contributed by atoms with E-state index in [-0.39, 0.29) is 0 Å². The van der Waals surface area contributed by atoms with E-state index < -0.39 is 0 Å². The quantitative estimate of drug-likeness (QED) is 0.716. The lowest BCUT2D eigenvalue weighted by molar-refractivity contribution is 0.357. The summed E-state index contributed by atoms with van der Waals surface area (Å²) >= 11 is 0. The normalized spacial score (nSPS) is 12.9. The minimum Gasteiger partial charge on any atom is -0.493 e. The average molecular weight is 325 g/mol. The minimum atomic E-state index is 0.642. The Kier molecular flexibility index (Phi) is 3.72. The molecule has 4 rings (SSSR count). The molecule has 0 amide bonds. The van der Waals surface area contributed by atoms with Crippen molar-refractivity contribution in [3.8, 4) is 5.75 Å². The number of fused-ring (bicyclic) bond motifs is 1. The first-order valence-electron chi connectivity index (χ1n) is 8.02. The molecule has 1 aliphatic heterocycles. The van der Waals surface area contributed by atoms with Gasteiger partial charge in [0.1, 0.15) is 28.7 Å². The molecule has 0 saturated carbocycles. The second-order valence-electron chi connectivity index (χ2n) is 6.10. The predicted molar refractivity (Wildman–Crippen MR) is 88.0 cm³/mol. The van der Waals surface area contributed by atoms with Crippen LogP contribution in [0.15, 0.2) is 39.4 Å². The fourth-order valence-corrected chi connectivity index (χ4v) is 2.98. The maximum atomic E-state index is 5.60. The van der Waals surface area contributed by atoms with E-state index in [0.717, 1.165) is 47.4 Å². The largest absolute Gasteiger partial charge is 0.493 e. The molecule has 0 saturated heterocycles. The molecule has 0 fully saturated rings. The number of aryl methyl sites for hydroxylation is 2. The standard InChI is InChI=1S/C18H19N3O3/c1-12-7-15(19-23-12)10-21(11-16-8-13(2)24-20-16)17-3-4-18-14(9-17)5-6-22-18/h3-4,7-9H,5-6,10-11H2,1-2H3. The van der Waals surface area contributed by atoms with Crippen molar-refractivity contribution in [2.24, 2.45) is 0 Å². The van der Waals surface area contributed by atoms with E-state index in [4.69, 9.17) is 13.8 Å². The van der Waals surface area contributed by atoms with Gasteiger partial charge in [0.05, 0.1) is 19.7 Å². The van der Waals surface area contributed by atoms with Gasteiger partial charge in [-0.1, -0.05) is 10.3 Å². The van der Waals surface area contributed by atoms with Crippen LogP contribution in [-0.2, 0) is 19.5 Å². The summed E-state index contributed by atoms with van der Waals surface area (Å²) < 4.78 is 16.0. The fourth-order valence-electron chi connectivity index (χ4n) is 2.98. The van der Waals surface area contributed by atoms with Gasteiger partial charge in [0.15, 0.2) is 0 Å². The van der Waals surface area contributed by atoms with Gasteiger partial charge >= 0.3 is 0 Å². The summed E-state index contributed by atoms with van der Waals surface area (Å²) in [5.74, 6) is 2.60. The summed E-state index contributed by atoms with van der Waals surface area (Å²) in [5.41, 5.74) is 4.14. The Labute approximate surface area is 140 Å². The zero-order chi connectivity index (χ0) is 16.5. The molecule has 0 radical (unpaired) electrons. The van der Waals surface area contributed by atoms with Crippen molar-refractivity contribution < 1.29 is 13.8 Å². The molecule has 1 aliphatic rings. The Morgan fingerprint density at radius 2 is 1.62 bits per heavy atom. The highest BCUT2D eigenvalue weighted by molar-refractivity contribution is 5.54. The van der Waals surface area contributed by atoms with E-state index in [1.54, 1.807) is 0 Å². The highest BCUT2D eigenvalue weighted by Crippen LogP contribution is 2.31. The summed E-state index contributed by atoms with van der Waals surface area (Å²) in [6.45, 7) is 5.83. The van der Waals surface area contributed by atoms with Gasteiger partial charge in [0.2, 0.25) is 0 Å². The van der Waals surface area contributed by atoms with Crippen LogP contribution in [0.25, 0.3) is 0 Å². The molecule has 0 spiro atoms. The number of benzene rings is 1. The van der Waals surface area contributed by atoms with E-state index in [1.807, 2.05) is 32.0 Å². The summed E-state index contributed by atoms with van der Waals surface area (Å²) in [4.78, 5) is 2.22. The van der Waals surface area contributed by atoms with Crippen LogP contribution in [-0.4, -0.2) is 16.9 Å². The summed E-state index contributed by atoms with van der Waals surface area (Å²) in [5, 5.41) is 8.23. The molecule has 0 N–H and O–H groups in total. The first-order chi connectivity index (χ1) is 11.7. The number of rotatable bonds is 5. The molecule has 1 aromatic carbocycles. The molecule has 124 valence electrons. The van der Waals surface area contributed by atoms with Gasteiger partial charge in [-0.3, -0.25) is 0 Å². The number of hydrogen-bond acceptors (Lipinski definition) is 6. The lowest BCUT2D eigenvalue weighted by atomic mass is 10.1. The Morgan fingerprint density at radius 3 is 2.21 bits per heavy atom. The molecule has 6 nitrogen and oxygen atoms in total. The summed E-state index contributed by atoms with van der Waals surface area (Å²) in [6, 6.07) is 10.2. The molecular formula is C18H19N3O3. The number of nitrogens with zero attached hydrogens (tertiary/aromatic N) is 3. The Balaban J connectivity index is 1.63. The van der Waals surface area contributed by atoms with Crippen molar-refractivity contribution >= 4 is 5.69 Å². The SMILES string of the molecule is Cc1cc(CN(Cc2cc(C)on2)c2ccc3c(c2)CCO3)no1. The van der Waals surface area contributed by atoms with E-state index in [0.29, 0.717) is 13.1 Å². The van der Waals surface area contributed by atoms with Crippen molar-refractivity contribution in [1.29, 1.82) is 0 Å². The van der Waals surface area contributed by atoms with Gasteiger partial charge in [-0.2, -0.15) is 0 Å². The van der Waals surface area contributed by atoms with Crippen LogP contribution in [0.3, 0.4) is 0 Å². The van der Waals surface area contributed by atoms with Crippen molar-refractivity contribution in [3.63, 3.8) is 0 Å². The molecule has 24 heavy (non-hydrogen) atoms. The molecule has 3 aromatic rings. The zero-order valence-electron chi connectivity index (χ0n) is 13.8. The molecule has 6 heteroatoms. The third-order valence-electron chi connectivity index (χ3n) is 4.10. The van der Waals surface area contributed by atoms with E-state index >= 15 is 0 Å². The number of anilines is 1. The summed E-state index contributed by atoms with van der Waals surface area (Å²) in [6.07, 6.45) is 0.948. The Morgan fingerprint density at radius 1 is 0.958 bits per heavy atom. The Hall–Kier alpha value is -2.76. The van der Waals surface area contributed by atoms with Crippen LogP contribution in [0.5, 0.6) is 5.75 Å². The van der Waals surface area contributed by atoms with Crippen LogP contribution < -0.4 is 9.64 Å². The van der Waals surface area contributed by atoms with Crippen LogP contribution in [0.4, 0.5) is 5.69 Å². The highest BCUT2D eigenvalue weighted by Gasteiger charge is 2.17. The van der Waals surface area contributed by atoms with Gasteiger partial charge < -0.3 is 18.7 Å². The lowest BCUT2D eigenvalue weighted by Gasteiger charge is -2.23. The van der Waals surface area contributed by atoms with Crippen molar-refractivity contribution in [2.75, 3.05) is 11.5 Å². The topological polar surface area (TPSA) is 64.5 Å². The fraction of sp³-hybridized carbons (Fsp3) is 0.333. The van der Waals surface area contributed by atoms with Crippen LogP contribution in [0.2, 0.25) is 0 Å². The maximum absolute atomic E-state index is 5.60. The molecule has 2 aromatic heterocycles. The zero-order valence-corrected chi connectivity index (χ0v) is 13.8. The lowest BCUT2D eigenvalue weighted by Crippen LogP contribution is -2.22. The van der Waals surface area contributed by atoms with Gasteiger partial charge in [-0.25, -0.2) is 0 Å².